The monoisotopic (exact) mass is 239 g/mol. The lowest BCUT2D eigenvalue weighted by Gasteiger charge is -2.23. The van der Waals surface area contributed by atoms with Crippen molar-refractivity contribution in [2.24, 2.45) is 0 Å². The molecule has 1 atom stereocenters. The van der Waals surface area contributed by atoms with Crippen molar-refractivity contribution in [2.45, 2.75) is 59.7 Å². The smallest absolute Gasteiger partial charge is 0.191 e. The zero-order valence-electron chi connectivity index (χ0n) is 11.8. The molecule has 1 aromatic heterocycles. The Hall–Kier alpha value is -0.870. The van der Waals surface area contributed by atoms with Crippen LogP contribution in [0.15, 0.2) is 4.42 Å². The molecule has 0 aromatic carbocycles. The molecular weight excluding hydrogens is 214 g/mol. The molecule has 1 rings (SSSR count). The average molecular weight is 239 g/mol. The first-order valence-electron chi connectivity index (χ1n) is 6.19. The number of oxazole rings is 1. The third-order valence-electron chi connectivity index (χ3n) is 2.55. The van der Waals surface area contributed by atoms with Crippen molar-refractivity contribution < 1.29 is 4.42 Å². The van der Waals surface area contributed by atoms with Crippen LogP contribution in [0.25, 0.3) is 0 Å². The van der Waals surface area contributed by atoms with Gasteiger partial charge in [-0.1, -0.05) is 0 Å². The van der Waals surface area contributed by atoms with Crippen molar-refractivity contribution in [1.29, 1.82) is 0 Å². The fourth-order valence-electron chi connectivity index (χ4n) is 1.54. The molecule has 0 aliphatic carbocycles. The van der Waals surface area contributed by atoms with Gasteiger partial charge in [-0.3, -0.25) is 0 Å². The number of hydrogen-bond donors (Lipinski definition) is 2. The van der Waals surface area contributed by atoms with Crippen LogP contribution in [0.3, 0.4) is 0 Å². The Labute approximate surface area is 104 Å². The third kappa shape index (κ3) is 5.33. The van der Waals surface area contributed by atoms with E-state index in [9.17, 15) is 0 Å². The van der Waals surface area contributed by atoms with E-state index in [4.69, 9.17) is 4.42 Å². The van der Waals surface area contributed by atoms with E-state index >= 15 is 0 Å². The standard InChI is InChI=1S/C13H25N3O/c1-9(7-15-13(4,5)6)14-8-12-10(2)16-11(3)17-12/h9,14-15H,7-8H2,1-6H3. The number of nitrogens with zero attached hydrogens (tertiary/aromatic N) is 1. The van der Waals surface area contributed by atoms with Crippen LogP contribution in [0.4, 0.5) is 0 Å². The molecule has 0 saturated heterocycles. The molecule has 0 saturated carbocycles. The first-order valence-corrected chi connectivity index (χ1v) is 6.19. The fraction of sp³-hybridized carbons (Fsp3) is 0.769. The van der Waals surface area contributed by atoms with Gasteiger partial charge in [0.15, 0.2) is 5.89 Å². The minimum absolute atomic E-state index is 0.161. The van der Waals surface area contributed by atoms with Gasteiger partial charge in [0.05, 0.1) is 12.2 Å². The summed E-state index contributed by atoms with van der Waals surface area (Å²) < 4.78 is 5.52. The zero-order valence-corrected chi connectivity index (χ0v) is 11.8. The summed E-state index contributed by atoms with van der Waals surface area (Å²) in [6.45, 7) is 14.2. The first kappa shape index (κ1) is 14.2. The van der Waals surface area contributed by atoms with Gasteiger partial charge < -0.3 is 15.1 Å². The van der Waals surface area contributed by atoms with Gasteiger partial charge in [-0.25, -0.2) is 4.98 Å². The highest BCUT2D eigenvalue weighted by molar-refractivity contribution is 5.07. The molecule has 17 heavy (non-hydrogen) atoms. The normalized spacial score (nSPS) is 14.0. The molecule has 0 aliphatic rings. The molecule has 4 nitrogen and oxygen atoms in total. The van der Waals surface area contributed by atoms with Gasteiger partial charge >= 0.3 is 0 Å². The summed E-state index contributed by atoms with van der Waals surface area (Å²) in [6, 6.07) is 0.402. The Morgan fingerprint density at radius 2 is 1.94 bits per heavy atom. The Balaban J connectivity index is 2.33. The molecule has 0 amide bonds. The van der Waals surface area contributed by atoms with Crippen LogP contribution in [0.5, 0.6) is 0 Å². The Kier molecular flexibility index (Phi) is 4.71. The predicted molar refractivity (Wildman–Crippen MR) is 70.0 cm³/mol. The maximum absolute atomic E-state index is 5.52. The van der Waals surface area contributed by atoms with Crippen LogP contribution in [0.2, 0.25) is 0 Å². The largest absolute Gasteiger partial charge is 0.444 e. The third-order valence-corrected chi connectivity index (χ3v) is 2.55. The van der Waals surface area contributed by atoms with E-state index in [1.807, 2.05) is 13.8 Å². The number of aryl methyl sites for hydroxylation is 2. The van der Waals surface area contributed by atoms with Gasteiger partial charge in [0, 0.05) is 25.0 Å². The molecule has 4 heteroatoms. The minimum Gasteiger partial charge on any atom is -0.444 e. The highest BCUT2D eigenvalue weighted by Gasteiger charge is 2.12. The van der Waals surface area contributed by atoms with Crippen LogP contribution in [-0.4, -0.2) is 23.1 Å². The van der Waals surface area contributed by atoms with Crippen LogP contribution in [0.1, 0.15) is 45.0 Å². The van der Waals surface area contributed by atoms with E-state index in [1.54, 1.807) is 0 Å². The van der Waals surface area contributed by atoms with Crippen LogP contribution < -0.4 is 10.6 Å². The molecule has 0 radical (unpaired) electrons. The van der Waals surface area contributed by atoms with Crippen LogP contribution >= 0.6 is 0 Å². The van der Waals surface area contributed by atoms with E-state index < -0.39 is 0 Å². The molecule has 98 valence electrons. The van der Waals surface area contributed by atoms with E-state index in [0.29, 0.717) is 6.04 Å². The van der Waals surface area contributed by atoms with Crippen molar-refractivity contribution in [3.05, 3.63) is 17.3 Å². The quantitative estimate of drug-likeness (QED) is 0.826. The van der Waals surface area contributed by atoms with Crippen molar-refractivity contribution in [2.75, 3.05) is 6.54 Å². The number of hydrogen-bond acceptors (Lipinski definition) is 4. The number of rotatable bonds is 5. The fourth-order valence-corrected chi connectivity index (χ4v) is 1.54. The molecule has 1 heterocycles. The molecule has 2 N–H and O–H groups in total. The van der Waals surface area contributed by atoms with E-state index in [2.05, 4.69) is 43.3 Å². The summed E-state index contributed by atoms with van der Waals surface area (Å²) in [5.74, 6) is 1.67. The maximum atomic E-state index is 5.52. The second kappa shape index (κ2) is 5.65. The highest BCUT2D eigenvalue weighted by Crippen LogP contribution is 2.08. The summed E-state index contributed by atoms with van der Waals surface area (Å²) in [7, 11) is 0. The van der Waals surface area contributed by atoms with Crippen LogP contribution in [-0.2, 0) is 6.54 Å². The van der Waals surface area contributed by atoms with Gasteiger partial charge in [0.25, 0.3) is 0 Å². The Morgan fingerprint density at radius 3 is 2.41 bits per heavy atom. The summed E-state index contributed by atoms with van der Waals surface area (Å²) in [4.78, 5) is 4.25. The second-order valence-electron chi connectivity index (χ2n) is 5.65. The maximum Gasteiger partial charge on any atom is 0.191 e. The molecule has 0 aliphatic heterocycles. The summed E-state index contributed by atoms with van der Waals surface area (Å²) in [5.41, 5.74) is 1.14. The summed E-state index contributed by atoms with van der Waals surface area (Å²) >= 11 is 0. The van der Waals surface area contributed by atoms with E-state index in [0.717, 1.165) is 30.4 Å². The minimum atomic E-state index is 0.161. The SMILES string of the molecule is Cc1nc(C)c(CNC(C)CNC(C)(C)C)o1. The highest BCUT2D eigenvalue weighted by atomic mass is 16.4. The molecule has 0 spiro atoms. The molecule has 0 fully saturated rings. The lowest BCUT2D eigenvalue weighted by atomic mass is 10.1. The molecule has 1 aromatic rings. The Bertz CT molecular complexity index is 352. The van der Waals surface area contributed by atoms with Crippen molar-refractivity contribution in [3.8, 4) is 0 Å². The van der Waals surface area contributed by atoms with Crippen molar-refractivity contribution in [1.82, 2.24) is 15.6 Å². The van der Waals surface area contributed by atoms with Crippen molar-refractivity contribution >= 4 is 0 Å². The van der Waals surface area contributed by atoms with Gasteiger partial charge in [0.2, 0.25) is 0 Å². The van der Waals surface area contributed by atoms with Gasteiger partial charge in [-0.15, -0.1) is 0 Å². The number of nitrogens with one attached hydrogen (secondary N) is 2. The average Bonchev–Trinajstić information content (AvgIpc) is 2.50. The van der Waals surface area contributed by atoms with Crippen LogP contribution in [0, 0.1) is 13.8 Å². The molecular formula is C13H25N3O. The van der Waals surface area contributed by atoms with Gasteiger partial charge in [-0.05, 0) is 34.6 Å². The second-order valence-corrected chi connectivity index (χ2v) is 5.65. The lowest BCUT2D eigenvalue weighted by molar-refractivity contribution is 0.375. The number of aromatic nitrogens is 1. The van der Waals surface area contributed by atoms with E-state index in [1.165, 1.54) is 0 Å². The summed E-state index contributed by atoms with van der Waals surface area (Å²) in [6.07, 6.45) is 0. The molecule has 1 unspecified atom stereocenters. The van der Waals surface area contributed by atoms with Gasteiger partial charge in [-0.2, -0.15) is 0 Å². The van der Waals surface area contributed by atoms with E-state index in [-0.39, 0.29) is 5.54 Å². The Morgan fingerprint density at radius 1 is 1.29 bits per heavy atom. The topological polar surface area (TPSA) is 50.1 Å². The predicted octanol–water partition coefficient (Wildman–Crippen LogP) is 2.16. The van der Waals surface area contributed by atoms with Crippen molar-refractivity contribution in [3.63, 3.8) is 0 Å². The lowest BCUT2D eigenvalue weighted by Crippen LogP contribution is -2.44. The zero-order chi connectivity index (χ0) is 13.1. The first-order chi connectivity index (χ1) is 7.78. The van der Waals surface area contributed by atoms with Gasteiger partial charge in [0.1, 0.15) is 5.76 Å². The molecule has 0 bridgehead atoms. The summed E-state index contributed by atoms with van der Waals surface area (Å²) in [5, 5.41) is 6.90.